The van der Waals surface area contributed by atoms with Crippen molar-refractivity contribution in [2.24, 2.45) is 4.99 Å². The maximum absolute atomic E-state index is 5.19. The van der Waals surface area contributed by atoms with Crippen LogP contribution >= 0.6 is 0 Å². The molecule has 5 aromatic carbocycles. The van der Waals surface area contributed by atoms with Crippen molar-refractivity contribution in [3.05, 3.63) is 132 Å². The van der Waals surface area contributed by atoms with E-state index in [0.717, 1.165) is 30.5 Å². The average molecular weight is 531 g/mol. The van der Waals surface area contributed by atoms with Crippen molar-refractivity contribution in [1.29, 1.82) is 0 Å². The number of pyridine rings is 1. The predicted octanol–water partition coefficient (Wildman–Crippen LogP) is 10.4. The first kappa shape index (κ1) is 25.4. The molecule has 2 bridgehead atoms. The third kappa shape index (κ3) is 4.44. The summed E-state index contributed by atoms with van der Waals surface area (Å²) in [6, 6.07) is 35.7. The molecule has 0 amide bonds. The largest absolute Gasteiger partial charge is 0.264 e. The number of aliphatic imine (C=N–C) groups is 1. The molecule has 0 fully saturated rings. The summed E-state index contributed by atoms with van der Waals surface area (Å²) in [5.74, 6) is 0.422. The standard InChI is InChI=1S/C39H34N2/c1-4-31-23-30-22-28(18-19-32(30)25(2)21-27-11-9-17-37(41-31)26(27)3)38-33-13-5-7-15-35(33)39(29-12-10-20-40-24-29)36-16-8-6-14-34(36)38/h5-20,22,24-25H,4,21,23H2,1-3H3/t25-/m1/s1. The van der Waals surface area contributed by atoms with Crippen LogP contribution in [0, 0.1) is 6.92 Å². The lowest BCUT2D eigenvalue weighted by molar-refractivity contribution is 0.746. The number of rotatable bonds is 3. The van der Waals surface area contributed by atoms with Gasteiger partial charge in [0.1, 0.15) is 0 Å². The third-order valence-electron chi connectivity index (χ3n) is 8.87. The first-order chi connectivity index (χ1) is 20.1. The smallest absolute Gasteiger partial charge is 0.0661 e. The molecule has 0 saturated heterocycles. The molecular formula is C39H34N2. The van der Waals surface area contributed by atoms with Gasteiger partial charge in [-0.3, -0.25) is 9.98 Å². The van der Waals surface area contributed by atoms with Crippen LogP contribution in [0.15, 0.2) is 114 Å². The summed E-state index contributed by atoms with van der Waals surface area (Å²) >= 11 is 0. The summed E-state index contributed by atoms with van der Waals surface area (Å²) in [6.45, 7) is 6.84. The molecule has 0 aliphatic carbocycles. The zero-order valence-corrected chi connectivity index (χ0v) is 24.0. The number of fused-ring (bicyclic) bond motifs is 5. The Morgan fingerprint density at radius 1 is 0.707 bits per heavy atom. The van der Waals surface area contributed by atoms with Gasteiger partial charge in [0.2, 0.25) is 0 Å². The summed E-state index contributed by atoms with van der Waals surface area (Å²) in [4.78, 5) is 9.65. The molecule has 6 aromatic rings. The van der Waals surface area contributed by atoms with Gasteiger partial charge in [-0.1, -0.05) is 98.8 Å². The highest BCUT2D eigenvalue weighted by Crippen LogP contribution is 2.44. The van der Waals surface area contributed by atoms with E-state index in [2.05, 4.69) is 117 Å². The Labute approximate surface area is 242 Å². The van der Waals surface area contributed by atoms with Crippen LogP contribution in [0.1, 0.15) is 48.4 Å². The topological polar surface area (TPSA) is 25.2 Å². The van der Waals surface area contributed by atoms with Crippen molar-refractivity contribution in [3.8, 4) is 22.3 Å². The summed E-state index contributed by atoms with van der Waals surface area (Å²) in [5, 5.41) is 5.06. The first-order valence-corrected chi connectivity index (χ1v) is 14.7. The molecule has 1 aliphatic rings. The summed E-state index contributed by atoms with van der Waals surface area (Å²) in [5.41, 5.74) is 12.9. The van der Waals surface area contributed by atoms with Crippen LogP contribution in [-0.2, 0) is 12.8 Å². The van der Waals surface area contributed by atoms with Gasteiger partial charge in [-0.15, -0.1) is 0 Å². The molecular weight excluding hydrogens is 496 g/mol. The molecule has 7 rings (SSSR count). The molecule has 0 spiro atoms. The third-order valence-corrected chi connectivity index (χ3v) is 8.87. The maximum atomic E-state index is 5.19. The second-order valence-electron chi connectivity index (χ2n) is 11.4. The van der Waals surface area contributed by atoms with Gasteiger partial charge in [0.15, 0.2) is 0 Å². The molecule has 1 aromatic heterocycles. The lowest BCUT2D eigenvalue weighted by Gasteiger charge is -2.23. The van der Waals surface area contributed by atoms with Crippen LogP contribution in [0.4, 0.5) is 5.69 Å². The molecule has 2 nitrogen and oxygen atoms in total. The van der Waals surface area contributed by atoms with Crippen LogP contribution in [0.3, 0.4) is 0 Å². The van der Waals surface area contributed by atoms with Gasteiger partial charge in [0.25, 0.3) is 0 Å². The molecule has 0 radical (unpaired) electrons. The van der Waals surface area contributed by atoms with Gasteiger partial charge in [-0.2, -0.15) is 0 Å². The maximum Gasteiger partial charge on any atom is 0.0661 e. The molecule has 1 aliphatic heterocycles. The van der Waals surface area contributed by atoms with Crippen molar-refractivity contribution < 1.29 is 0 Å². The Kier molecular flexibility index (Phi) is 6.47. The summed E-state index contributed by atoms with van der Waals surface area (Å²) in [7, 11) is 0. The van der Waals surface area contributed by atoms with E-state index in [0.29, 0.717) is 5.92 Å². The lowest BCUT2D eigenvalue weighted by atomic mass is 9.82. The fourth-order valence-corrected chi connectivity index (χ4v) is 6.74. The van der Waals surface area contributed by atoms with Gasteiger partial charge < -0.3 is 0 Å². The minimum atomic E-state index is 0.422. The van der Waals surface area contributed by atoms with E-state index in [1.165, 1.54) is 66.2 Å². The number of aromatic nitrogens is 1. The Balaban J connectivity index is 1.48. The van der Waals surface area contributed by atoms with E-state index >= 15 is 0 Å². The fraction of sp³-hybridized carbons (Fsp3) is 0.179. The minimum absolute atomic E-state index is 0.422. The van der Waals surface area contributed by atoms with Crippen LogP contribution in [-0.4, -0.2) is 10.7 Å². The number of benzene rings is 5. The number of hydrogen-bond donors (Lipinski definition) is 0. The molecule has 1 atom stereocenters. The quantitative estimate of drug-likeness (QED) is 0.209. The Morgan fingerprint density at radius 3 is 2.02 bits per heavy atom. The first-order valence-electron chi connectivity index (χ1n) is 14.7. The van der Waals surface area contributed by atoms with Gasteiger partial charge in [0, 0.05) is 30.1 Å². The predicted molar refractivity (Wildman–Crippen MR) is 175 cm³/mol. The molecule has 0 saturated carbocycles. The van der Waals surface area contributed by atoms with Crippen molar-refractivity contribution in [1.82, 2.24) is 4.98 Å². The summed E-state index contributed by atoms with van der Waals surface area (Å²) < 4.78 is 0. The van der Waals surface area contributed by atoms with E-state index in [4.69, 9.17) is 4.99 Å². The highest BCUT2D eigenvalue weighted by atomic mass is 14.7. The Morgan fingerprint density at radius 2 is 1.39 bits per heavy atom. The van der Waals surface area contributed by atoms with Crippen LogP contribution in [0.5, 0.6) is 0 Å². The minimum Gasteiger partial charge on any atom is -0.264 e. The van der Waals surface area contributed by atoms with Crippen LogP contribution in [0.25, 0.3) is 43.8 Å². The fourth-order valence-electron chi connectivity index (χ4n) is 6.74. The molecule has 2 heterocycles. The van der Waals surface area contributed by atoms with Crippen molar-refractivity contribution in [2.75, 3.05) is 0 Å². The van der Waals surface area contributed by atoms with Crippen LogP contribution in [0.2, 0.25) is 0 Å². The van der Waals surface area contributed by atoms with Crippen molar-refractivity contribution in [2.45, 2.75) is 46.0 Å². The second kappa shape index (κ2) is 10.4. The molecule has 0 N–H and O–H groups in total. The van der Waals surface area contributed by atoms with Gasteiger partial charge >= 0.3 is 0 Å². The normalized spacial score (nSPS) is 15.0. The molecule has 0 unspecified atom stereocenters. The Hall–Kier alpha value is -4.56. The average Bonchev–Trinajstić information content (AvgIpc) is 3.01. The monoisotopic (exact) mass is 530 g/mol. The van der Waals surface area contributed by atoms with E-state index in [9.17, 15) is 0 Å². The van der Waals surface area contributed by atoms with Crippen molar-refractivity contribution >= 4 is 32.9 Å². The zero-order valence-electron chi connectivity index (χ0n) is 24.0. The molecule has 2 heteroatoms. The van der Waals surface area contributed by atoms with Crippen LogP contribution < -0.4 is 0 Å². The second-order valence-corrected chi connectivity index (χ2v) is 11.4. The SMILES string of the molecule is CCC1=Nc2cccc(c2C)C[C@@H](C)c2ccc(-c3c4ccccc4c(-c4cccnc4)c4ccccc34)cc2C1. The Bertz CT molecular complexity index is 1890. The van der Waals surface area contributed by atoms with E-state index in [1.807, 2.05) is 18.5 Å². The van der Waals surface area contributed by atoms with Gasteiger partial charge in [0.05, 0.1) is 5.69 Å². The molecule has 41 heavy (non-hydrogen) atoms. The highest BCUT2D eigenvalue weighted by Gasteiger charge is 2.20. The lowest BCUT2D eigenvalue weighted by Crippen LogP contribution is -2.10. The van der Waals surface area contributed by atoms with E-state index in [-0.39, 0.29) is 0 Å². The van der Waals surface area contributed by atoms with E-state index in [1.54, 1.807) is 0 Å². The number of hydrogen-bond acceptors (Lipinski definition) is 2. The van der Waals surface area contributed by atoms with E-state index < -0.39 is 0 Å². The number of nitrogens with zero attached hydrogens (tertiary/aromatic N) is 2. The summed E-state index contributed by atoms with van der Waals surface area (Å²) in [6.07, 6.45) is 6.66. The van der Waals surface area contributed by atoms with Gasteiger partial charge in [-0.25, -0.2) is 0 Å². The van der Waals surface area contributed by atoms with Gasteiger partial charge in [-0.05, 0) is 98.3 Å². The zero-order chi connectivity index (χ0) is 27.9. The molecule has 200 valence electrons. The van der Waals surface area contributed by atoms with Crippen molar-refractivity contribution in [3.63, 3.8) is 0 Å². The highest BCUT2D eigenvalue weighted by molar-refractivity contribution is 6.21.